The summed E-state index contributed by atoms with van der Waals surface area (Å²) in [5.41, 5.74) is 8.71. The van der Waals surface area contributed by atoms with Gasteiger partial charge in [-0.1, -0.05) is 76.2 Å². The molecular weight excluding hydrogens is 442 g/mol. The van der Waals surface area contributed by atoms with E-state index in [-0.39, 0.29) is 0 Å². The van der Waals surface area contributed by atoms with Crippen LogP contribution in [0, 0.1) is 11.3 Å². The summed E-state index contributed by atoms with van der Waals surface area (Å²) < 4.78 is 8.82. The Balaban J connectivity index is 1.83. The molecule has 176 valence electrons. The summed E-state index contributed by atoms with van der Waals surface area (Å²) in [6, 6.07) is 29.0. The Morgan fingerprint density at radius 2 is 1.50 bits per heavy atom. The van der Waals surface area contributed by atoms with Crippen molar-refractivity contribution in [3.05, 3.63) is 95.6 Å². The number of furan rings is 1. The van der Waals surface area contributed by atoms with Crippen LogP contribution in [0.1, 0.15) is 56.2 Å². The molecule has 0 atom stereocenters. The molecule has 0 radical (unpaired) electrons. The molecule has 4 heteroatoms. The molecule has 0 N–H and O–H groups in total. The smallest absolute Gasteiger partial charge is 0.161 e. The highest BCUT2D eigenvalue weighted by atomic mass is 16.3. The van der Waals surface area contributed by atoms with Gasteiger partial charge in [0.1, 0.15) is 16.9 Å². The molecule has 0 aliphatic heterocycles. The second-order valence-electron chi connectivity index (χ2n) is 9.97. The largest absolute Gasteiger partial charge is 0.454 e. The Kier molecular flexibility index (Phi) is 5.16. The van der Waals surface area contributed by atoms with E-state index in [0.29, 0.717) is 23.0 Å². The number of benzene rings is 4. The number of nitriles is 1. The lowest BCUT2D eigenvalue weighted by molar-refractivity contribution is 0.670. The third-order valence-corrected chi connectivity index (χ3v) is 6.98. The first-order valence-electron chi connectivity index (χ1n) is 12.4. The van der Waals surface area contributed by atoms with Crippen molar-refractivity contribution in [3.8, 4) is 23.1 Å². The molecule has 6 rings (SSSR count). The summed E-state index contributed by atoms with van der Waals surface area (Å²) in [6.45, 7) is 8.96. The summed E-state index contributed by atoms with van der Waals surface area (Å²) in [5.74, 6) is 1.55. The van der Waals surface area contributed by atoms with Gasteiger partial charge in [-0.25, -0.2) is 4.98 Å². The van der Waals surface area contributed by atoms with Crippen molar-refractivity contribution in [2.24, 2.45) is 0 Å². The van der Waals surface area contributed by atoms with Crippen molar-refractivity contribution >= 4 is 33.0 Å². The lowest BCUT2D eigenvalue weighted by Gasteiger charge is -2.22. The van der Waals surface area contributed by atoms with Crippen molar-refractivity contribution in [2.75, 3.05) is 0 Å². The van der Waals surface area contributed by atoms with Crippen LogP contribution in [0.15, 0.2) is 83.3 Å². The lowest BCUT2D eigenvalue weighted by Crippen LogP contribution is -2.08. The molecule has 0 aliphatic carbocycles. The first kappa shape index (κ1) is 22.1. The van der Waals surface area contributed by atoms with Crippen molar-refractivity contribution < 1.29 is 4.42 Å². The van der Waals surface area contributed by atoms with E-state index in [2.05, 4.69) is 92.9 Å². The predicted molar refractivity (Wildman–Crippen MR) is 147 cm³/mol. The first-order valence-corrected chi connectivity index (χ1v) is 12.4. The van der Waals surface area contributed by atoms with E-state index >= 15 is 0 Å². The van der Waals surface area contributed by atoms with Crippen LogP contribution in [0.2, 0.25) is 0 Å². The SMILES string of the molecule is CC(C)c1cccc(C(C)C)c1-n1c(-c2ccccc2)nc2ccc3c4ccc(C#N)cc4oc3c21. The Morgan fingerprint density at radius 1 is 0.806 bits per heavy atom. The zero-order valence-corrected chi connectivity index (χ0v) is 20.9. The van der Waals surface area contributed by atoms with Crippen molar-refractivity contribution in [1.82, 2.24) is 9.55 Å². The van der Waals surface area contributed by atoms with Crippen LogP contribution < -0.4 is 0 Å². The van der Waals surface area contributed by atoms with E-state index in [9.17, 15) is 5.26 Å². The number of para-hydroxylation sites is 1. The fraction of sp³-hybridized carbons (Fsp3) is 0.188. The van der Waals surface area contributed by atoms with E-state index in [4.69, 9.17) is 9.40 Å². The van der Waals surface area contributed by atoms with Crippen molar-refractivity contribution in [1.29, 1.82) is 5.26 Å². The van der Waals surface area contributed by atoms with Gasteiger partial charge in [0.15, 0.2) is 5.58 Å². The molecule has 0 amide bonds. The molecule has 0 fully saturated rings. The molecule has 2 heterocycles. The molecule has 0 bridgehead atoms. The summed E-state index contributed by atoms with van der Waals surface area (Å²) in [5, 5.41) is 11.5. The van der Waals surface area contributed by atoms with Crippen LogP contribution in [0.3, 0.4) is 0 Å². The molecule has 36 heavy (non-hydrogen) atoms. The maximum absolute atomic E-state index is 9.43. The summed E-state index contributed by atoms with van der Waals surface area (Å²) in [7, 11) is 0. The van der Waals surface area contributed by atoms with Gasteiger partial charge in [-0.2, -0.15) is 5.26 Å². The van der Waals surface area contributed by atoms with Crippen LogP contribution in [0.4, 0.5) is 0 Å². The predicted octanol–water partition coefficient (Wildman–Crippen LogP) is 8.71. The van der Waals surface area contributed by atoms with Gasteiger partial charge in [0, 0.05) is 16.3 Å². The minimum Gasteiger partial charge on any atom is -0.454 e. The molecule has 6 aromatic rings. The van der Waals surface area contributed by atoms with Gasteiger partial charge < -0.3 is 4.42 Å². The van der Waals surface area contributed by atoms with Gasteiger partial charge in [0.2, 0.25) is 0 Å². The fourth-order valence-corrected chi connectivity index (χ4v) is 5.23. The van der Waals surface area contributed by atoms with Gasteiger partial charge in [-0.3, -0.25) is 4.57 Å². The highest BCUT2D eigenvalue weighted by Crippen LogP contribution is 2.41. The Hall–Kier alpha value is -4.36. The van der Waals surface area contributed by atoms with Gasteiger partial charge in [-0.05, 0) is 53.3 Å². The third kappa shape index (κ3) is 3.31. The molecule has 0 unspecified atom stereocenters. The minimum atomic E-state index is 0.327. The molecule has 0 saturated carbocycles. The van der Waals surface area contributed by atoms with Crippen LogP contribution >= 0.6 is 0 Å². The number of hydrogen-bond acceptors (Lipinski definition) is 3. The molecular formula is C32H27N3O. The van der Waals surface area contributed by atoms with E-state index < -0.39 is 0 Å². The van der Waals surface area contributed by atoms with Crippen molar-refractivity contribution in [2.45, 2.75) is 39.5 Å². The summed E-state index contributed by atoms with van der Waals surface area (Å²) in [6.07, 6.45) is 0. The van der Waals surface area contributed by atoms with E-state index in [1.165, 1.54) is 16.8 Å². The van der Waals surface area contributed by atoms with Gasteiger partial charge in [0.25, 0.3) is 0 Å². The number of rotatable bonds is 4. The standard InChI is InChI=1S/C32H27N3O/c1-19(2)23-11-8-12-24(20(3)4)29(23)35-30-27(34-32(35)22-9-6-5-7-10-22)16-15-26-25-14-13-21(18-33)17-28(25)36-31(26)30/h5-17,19-20H,1-4H3. The summed E-state index contributed by atoms with van der Waals surface area (Å²) >= 11 is 0. The van der Waals surface area contributed by atoms with Crippen LogP contribution in [-0.2, 0) is 0 Å². The molecule has 0 aliphatic rings. The average molecular weight is 470 g/mol. The van der Waals surface area contributed by atoms with Crippen molar-refractivity contribution in [3.63, 3.8) is 0 Å². The van der Waals surface area contributed by atoms with E-state index in [1.807, 2.05) is 24.3 Å². The zero-order chi connectivity index (χ0) is 25.0. The normalized spacial score (nSPS) is 11.8. The van der Waals surface area contributed by atoms with Gasteiger partial charge >= 0.3 is 0 Å². The molecule has 4 nitrogen and oxygen atoms in total. The number of nitrogens with zero attached hydrogens (tertiary/aromatic N) is 3. The third-order valence-electron chi connectivity index (χ3n) is 6.98. The van der Waals surface area contributed by atoms with E-state index in [0.717, 1.165) is 38.8 Å². The molecule has 4 aromatic carbocycles. The highest BCUT2D eigenvalue weighted by molar-refractivity contribution is 6.14. The fourth-order valence-electron chi connectivity index (χ4n) is 5.23. The second-order valence-corrected chi connectivity index (χ2v) is 9.97. The lowest BCUT2D eigenvalue weighted by atomic mass is 9.92. The zero-order valence-electron chi connectivity index (χ0n) is 20.9. The topological polar surface area (TPSA) is 54.8 Å². The second kappa shape index (κ2) is 8.39. The number of aromatic nitrogens is 2. The number of hydrogen-bond donors (Lipinski definition) is 0. The molecule has 2 aromatic heterocycles. The highest BCUT2D eigenvalue weighted by Gasteiger charge is 2.25. The van der Waals surface area contributed by atoms with Gasteiger partial charge in [0.05, 0.1) is 22.8 Å². The van der Waals surface area contributed by atoms with Crippen LogP contribution in [0.5, 0.6) is 0 Å². The molecule has 0 spiro atoms. The Bertz CT molecular complexity index is 1770. The van der Waals surface area contributed by atoms with E-state index in [1.54, 1.807) is 0 Å². The Morgan fingerprint density at radius 3 is 2.17 bits per heavy atom. The number of imidazole rings is 1. The summed E-state index contributed by atoms with van der Waals surface area (Å²) in [4.78, 5) is 5.16. The Labute approximate surface area is 210 Å². The number of fused-ring (bicyclic) bond motifs is 5. The maximum Gasteiger partial charge on any atom is 0.161 e. The van der Waals surface area contributed by atoms with Crippen LogP contribution in [-0.4, -0.2) is 9.55 Å². The monoisotopic (exact) mass is 469 g/mol. The van der Waals surface area contributed by atoms with Crippen LogP contribution in [0.25, 0.3) is 50.0 Å². The average Bonchev–Trinajstić information content (AvgIpc) is 3.46. The molecule has 0 saturated heterocycles. The minimum absolute atomic E-state index is 0.327. The van der Waals surface area contributed by atoms with Gasteiger partial charge in [-0.15, -0.1) is 0 Å². The quantitative estimate of drug-likeness (QED) is 0.259. The maximum atomic E-state index is 9.43. The first-order chi connectivity index (χ1) is 17.5.